The molecule has 116 valence electrons. The Morgan fingerprint density at radius 3 is 2.48 bits per heavy atom. The van der Waals surface area contributed by atoms with Crippen LogP contribution >= 0.6 is 27.3 Å². The van der Waals surface area contributed by atoms with E-state index in [0.29, 0.717) is 4.88 Å². The summed E-state index contributed by atoms with van der Waals surface area (Å²) in [6, 6.07) is 6.75. The van der Waals surface area contributed by atoms with Crippen molar-refractivity contribution in [2.45, 2.75) is 0 Å². The van der Waals surface area contributed by atoms with E-state index in [9.17, 15) is 24.5 Å². The number of amides is 2. The SMILES string of the molecule is O=C(CN1C(=O)c2ccc([N+](=O)[O-])cc2C1=O)c1ccc(Br)s1. The fourth-order valence-electron chi connectivity index (χ4n) is 2.22. The van der Waals surface area contributed by atoms with Gasteiger partial charge in [0.2, 0.25) is 0 Å². The molecule has 1 aromatic carbocycles. The lowest BCUT2D eigenvalue weighted by atomic mass is 10.1. The first-order chi connectivity index (χ1) is 10.9. The van der Waals surface area contributed by atoms with Crippen LogP contribution in [-0.4, -0.2) is 34.0 Å². The zero-order valence-electron chi connectivity index (χ0n) is 11.3. The van der Waals surface area contributed by atoms with Crippen molar-refractivity contribution < 1.29 is 19.3 Å². The molecule has 1 aliphatic heterocycles. The molecule has 9 heteroatoms. The maximum absolute atomic E-state index is 12.3. The summed E-state index contributed by atoms with van der Waals surface area (Å²) in [5, 5.41) is 10.8. The molecule has 0 aliphatic carbocycles. The van der Waals surface area contributed by atoms with Crippen molar-refractivity contribution >= 4 is 50.6 Å². The van der Waals surface area contributed by atoms with Crippen molar-refractivity contribution in [2.75, 3.05) is 6.54 Å². The molecule has 0 fully saturated rings. The number of Topliss-reactive ketones (excluding diaryl/α,β-unsaturated/α-hetero) is 1. The van der Waals surface area contributed by atoms with Gasteiger partial charge in [0.05, 0.1) is 31.3 Å². The predicted molar refractivity (Wildman–Crippen MR) is 84.8 cm³/mol. The predicted octanol–water partition coefficient (Wildman–Crippen LogP) is 2.90. The van der Waals surface area contributed by atoms with Crippen molar-refractivity contribution in [3.8, 4) is 0 Å². The highest BCUT2D eigenvalue weighted by atomic mass is 79.9. The molecule has 2 amide bonds. The molecule has 0 spiro atoms. The molecule has 0 unspecified atom stereocenters. The largest absolute Gasteiger partial charge is 0.291 e. The first kappa shape index (κ1) is 15.5. The molecule has 7 nitrogen and oxygen atoms in total. The summed E-state index contributed by atoms with van der Waals surface area (Å²) < 4.78 is 0.763. The number of thiophene rings is 1. The van der Waals surface area contributed by atoms with Gasteiger partial charge in [-0.15, -0.1) is 11.3 Å². The summed E-state index contributed by atoms with van der Waals surface area (Å²) in [7, 11) is 0. The van der Waals surface area contributed by atoms with Gasteiger partial charge in [-0.3, -0.25) is 29.4 Å². The van der Waals surface area contributed by atoms with E-state index in [2.05, 4.69) is 15.9 Å². The third kappa shape index (κ3) is 2.68. The lowest BCUT2D eigenvalue weighted by Crippen LogP contribution is -2.34. The van der Waals surface area contributed by atoms with Gasteiger partial charge in [0.1, 0.15) is 0 Å². The van der Waals surface area contributed by atoms with Crippen LogP contribution in [0.2, 0.25) is 0 Å². The first-order valence-corrected chi connectivity index (χ1v) is 7.92. The fourth-order valence-corrected chi connectivity index (χ4v) is 3.54. The minimum absolute atomic E-state index is 0.0515. The van der Waals surface area contributed by atoms with E-state index in [1.807, 2.05) is 0 Å². The second-order valence-corrected chi connectivity index (χ2v) is 7.17. The molecular formula is C14H7BrN2O5S. The van der Waals surface area contributed by atoms with Crippen LogP contribution < -0.4 is 0 Å². The Hall–Kier alpha value is -2.39. The Morgan fingerprint density at radius 1 is 1.17 bits per heavy atom. The molecule has 2 aromatic rings. The van der Waals surface area contributed by atoms with Crippen LogP contribution in [0, 0.1) is 10.1 Å². The Bertz CT molecular complexity index is 876. The van der Waals surface area contributed by atoms with Crippen LogP contribution in [-0.2, 0) is 0 Å². The van der Waals surface area contributed by atoms with Crippen LogP contribution in [0.15, 0.2) is 34.1 Å². The molecule has 3 rings (SSSR count). The Kier molecular flexibility index (Phi) is 3.82. The van der Waals surface area contributed by atoms with E-state index in [0.717, 1.165) is 20.8 Å². The number of fused-ring (bicyclic) bond motifs is 1. The number of nitrogens with zero attached hydrogens (tertiary/aromatic N) is 2. The van der Waals surface area contributed by atoms with Crippen molar-refractivity contribution in [3.63, 3.8) is 0 Å². The van der Waals surface area contributed by atoms with Crippen LogP contribution in [0.1, 0.15) is 30.4 Å². The van der Waals surface area contributed by atoms with Crippen molar-refractivity contribution in [1.29, 1.82) is 0 Å². The number of ketones is 1. The smallest absolute Gasteiger partial charge is 0.270 e. The van der Waals surface area contributed by atoms with E-state index in [1.165, 1.54) is 17.4 Å². The fraction of sp³-hybridized carbons (Fsp3) is 0.0714. The first-order valence-electron chi connectivity index (χ1n) is 6.31. The minimum atomic E-state index is -0.697. The molecule has 2 heterocycles. The number of rotatable bonds is 4. The highest BCUT2D eigenvalue weighted by molar-refractivity contribution is 9.11. The number of nitro benzene ring substituents is 1. The van der Waals surface area contributed by atoms with Gasteiger partial charge in [-0.1, -0.05) is 0 Å². The van der Waals surface area contributed by atoms with Crippen molar-refractivity contribution in [2.24, 2.45) is 0 Å². The zero-order valence-corrected chi connectivity index (χ0v) is 13.7. The molecule has 0 saturated heterocycles. The molecule has 0 saturated carbocycles. The monoisotopic (exact) mass is 394 g/mol. The van der Waals surface area contributed by atoms with E-state index in [4.69, 9.17) is 0 Å². The summed E-state index contributed by atoms with van der Waals surface area (Å²) in [5.74, 6) is -1.69. The lowest BCUT2D eigenvalue weighted by Gasteiger charge is -2.11. The molecular weight excluding hydrogens is 388 g/mol. The Balaban J connectivity index is 1.88. The third-order valence-corrected chi connectivity index (χ3v) is 4.98. The van der Waals surface area contributed by atoms with E-state index < -0.39 is 23.3 Å². The average Bonchev–Trinajstić information content (AvgIpc) is 3.05. The van der Waals surface area contributed by atoms with Crippen molar-refractivity contribution in [3.05, 3.63) is 60.2 Å². The third-order valence-electron chi connectivity index (χ3n) is 3.31. The normalized spacial score (nSPS) is 13.3. The molecule has 0 N–H and O–H groups in total. The number of carbonyl (C=O) groups is 3. The zero-order chi connectivity index (χ0) is 16.7. The number of benzene rings is 1. The van der Waals surface area contributed by atoms with E-state index in [1.54, 1.807) is 12.1 Å². The summed E-state index contributed by atoms with van der Waals surface area (Å²) in [6.07, 6.45) is 0. The van der Waals surface area contributed by atoms with E-state index >= 15 is 0 Å². The second-order valence-electron chi connectivity index (χ2n) is 4.71. The highest BCUT2D eigenvalue weighted by Gasteiger charge is 2.38. The van der Waals surface area contributed by atoms with Crippen LogP contribution in [0.3, 0.4) is 0 Å². The van der Waals surface area contributed by atoms with Crippen LogP contribution in [0.5, 0.6) is 0 Å². The molecule has 0 radical (unpaired) electrons. The topological polar surface area (TPSA) is 97.6 Å². The summed E-state index contributed by atoms with van der Waals surface area (Å²) in [4.78, 5) is 48.0. The number of carbonyl (C=O) groups excluding carboxylic acids is 3. The van der Waals surface area contributed by atoms with Crippen LogP contribution in [0.4, 0.5) is 5.69 Å². The number of halogens is 1. The molecule has 1 aromatic heterocycles. The van der Waals surface area contributed by atoms with Gasteiger partial charge in [0.25, 0.3) is 17.5 Å². The number of nitro groups is 1. The number of hydrogen-bond donors (Lipinski definition) is 0. The molecule has 1 aliphatic rings. The maximum atomic E-state index is 12.3. The molecule has 0 bridgehead atoms. The number of non-ortho nitro benzene ring substituents is 1. The quantitative estimate of drug-likeness (QED) is 0.343. The van der Waals surface area contributed by atoms with Gasteiger partial charge in [-0.2, -0.15) is 0 Å². The second kappa shape index (κ2) is 5.67. The van der Waals surface area contributed by atoms with Gasteiger partial charge in [-0.25, -0.2) is 0 Å². The summed E-state index contributed by atoms with van der Waals surface area (Å²) in [5.41, 5.74) is -0.259. The van der Waals surface area contributed by atoms with E-state index in [-0.39, 0.29) is 22.6 Å². The molecule has 23 heavy (non-hydrogen) atoms. The maximum Gasteiger partial charge on any atom is 0.270 e. The lowest BCUT2D eigenvalue weighted by molar-refractivity contribution is -0.384. The van der Waals surface area contributed by atoms with Gasteiger partial charge in [-0.05, 0) is 34.1 Å². The standard InChI is InChI=1S/C14H7BrN2O5S/c15-12-4-3-11(23-12)10(18)6-16-13(19)8-2-1-7(17(21)22)5-9(8)14(16)20/h1-5H,6H2. The Morgan fingerprint density at radius 2 is 1.87 bits per heavy atom. The number of imide groups is 1. The van der Waals surface area contributed by atoms with Gasteiger partial charge < -0.3 is 0 Å². The van der Waals surface area contributed by atoms with Gasteiger partial charge in [0, 0.05) is 12.1 Å². The average molecular weight is 395 g/mol. The summed E-state index contributed by atoms with van der Waals surface area (Å²) in [6.45, 7) is -0.396. The highest BCUT2D eigenvalue weighted by Crippen LogP contribution is 2.28. The number of hydrogen-bond acceptors (Lipinski definition) is 6. The Labute approximate surface area is 141 Å². The van der Waals surface area contributed by atoms with Gasteiger partial charge >= 0.3 is 0 Å². The minimum Gasteiger partial charge on any atom is -0.291 e. The summed E-state index contributed by atoms with van der Waals surface area (Å²) >= 11 is 4.44. The van der Waals surface area contributed by atoms with Crippen LogP contribution in [0.25, 0.3) is 0 Å². The van der Waals surface area contributed by atoms with Crippen molar-refractivity contribution in [1.82, 2.24) is 4.90 Å². The van der Waals surface area contributed by atoms with Gasteiger partial charge in [0.15, 0.2) is 5.78 Å². The molecule has 0 atom stereocenters.